The minimum Gasteiger partial charge on any atom is -0.379 e. The Kier molecular flexibility index (Phi) is 9.21. The van der Waals surface area contributed by atoms with Gasteiger partial charge in [0.15, 0.2) is 5.96 Å². The van der Waals surface area contributed by atoms with E-state index in [1.165, 1.54) is 0 Å². The summed E-state index contributed by atoms with van der Waals surface area (Å²) in [6.07, 6.45) is 0. The van der Waals surface area contributed by atoms with Crippen molar-refractivity contribution in [2.45, 2.75) is 40.7 Å². The van der Waals surface area contributed by atoms with E-state index in [1.807, 2.05) is 20.8 Å². The normalized spacial score (nSPS) is 18.1. The van der Waals surface area contributed by atoms with E-state index in [1.54, 1.807) is 7.05 Å². The van der Waals surface area contributed by atoms with E-state index >= 15 is 0 Å². The van der Waals surface area contributed by atoms with E-state index in [0.717, 1.165) is 38.8 Å². The van der Waals surface area contributed by atoms with E-state index in [-0.39, 0.29) is 11.3 Å². The maximum Gasteiger partial charge on any atom is 0.225 e. The summed E-state index contributed by atoms with van der Waals surface area (Å²) in [7, 11) is 1.77. The summed E-state index contributed by atoms with van der Waals surface area (Å²) in [5.74, 6) is 1.38. The summed E-state index contributed by atoms with van der Waals surface area (Å²) in [5, 5.41) is 9.60. The number of guanidine groups is 1. The number of hydrogen-bond acceptors (Lipinski definition) is 4. The van der Waals surface area contributed by atoms with Gasteiger partial charge in [-0.2, -0.15) is 0 Å². The van der Waals surface area contributed by atoms with Crippen LogP contribution in [0.1, 0.15) is 34.6 Å². The van der Waals surface area contributed by atoms with Crippen molar-refractivity contribution in [3.63, 3.8) is 0 Å². The van der Waals surface area contributed by atoms with Crippen molar-refractivity contribution in [3.8, 4) is 0 Å². The highest BCUT2D eigenvalue weighted by Crippen LogP contribution is 2.12. The van der Waals surface area contributed by atoms with Crippen LogP contribution < -0.4 is 16.0 Å². The van der Waals surface area contributed by atoms with Crippen molar-refractivity contribution in [1.29, 1.82) is 0 Å². The zero-order valence-corrected chi connectivity index (χ0v) is 16.8. The summed E-state index contributed by atoms with van der Waals surface area (Å²) in [6.45, 7) is 15.9. The molecule has 0 saturated carbocycles. The Hall–Kier alpha value is -1.34. The van der Waals surface area contributed by atoms with Crippen molar-refractivity contribution in [2.75, 3.05) is 53.0 Å². The zero-order valence-electron chi connectivity index (χ0n) is 16.8. The standard InChI is InChI=1S/C18H37N5O2/c1-14(2)15(23-9-11-25-12-10-23)13-22-17(19-6)21-8-7-20-16(24)18(3,4)5/h14-15H,7-13H2,1-6H3,(H,20,24)(H2,19,21,22). The molecule has 1 atom stereocenters. The lowest BCUT2D eigenvalue weighted by Gasteiger charge is -2.37. The SMILES string of the molecule is CN=C(NCCNC(=O)C(C)(C)C)NCC(C(C)C)N1CCOCC1. The topological polar surface area (TPSA) is 78.0 Å². The second-order valence-electron chi connectivity index (χ2n) is 7.85. The molecule has 0 bridgehead atoms. The van der Waals surface area contributed by atoms with Crippen LogP contribution in [0.2, 0.25) is 0 Å². The fourth-order valence-corrected chi connectivity index (χ4v) is 2.74. The third kappa shape index (κ3) is 8.05. The first-order valence-electron chi connectivity index (χ1n) is 9.30. The van der Waals surface area contributed by atoms with Crippen LogP contribution in [-0.2, 0) is 9.53 Å². The fraction of sp³-hybridized carbons (Fsp3) is 0.889. The molecule has 0 aromatic rings. The van der Waals surface area contributed by atoms with Crippen molar-refractivity contribution >= 4 is 11.9 Å². The minimum absolute atomic E-state index is 0.0597. The second kappa shape index (κ2) is 10.6. The van der Waals surface area contributed by atoms with Gasteiger partial charge in [-0.15, -0.1) is 0 Å². The molecule has 146 valence electrons. The first kappa shape index (κ1) is 21.7. The molecule has 1 amide bonds. The molecule has 3 N–H and O–H groups in total. The lowest BCUT2D eigenvalue weighted by molar-refractivity contribution is -0.128. The van der Waals surface area contributed by atoms with Gasteiger partial charge < -0.3 is 20.7 Å². The average molecular weight is 356 g/mol. The van der Waals surface area contributed by atoms with Gasteiger partial charge in [0.1, 0.15) is 0 Å². The molecule has 7 heteroatoms. The number of aliphatic imine (C=N–C) groups is 1. The molecule has 1 rings (SSSR count). The molecule has 1 fully saturated rings. The number of amides is 1. The zero-order chi connectivity index (χ0) is 18.9. The van der Waals surface area contributed by atoms with Crippen LogP contribution in [0.25, 0.3) is 0 Å². The smallest absolute Gasteiger partial charge is 0.225 e. The molecule has 1 unspecified atom stereocenters. The van der Waals surface area contributed by atoms with Crippen molar-refractivity contribution < 1.29 is 9.53 Å². The van der Waals surface area contributed by atoms with Crippen LogP contribution >= 0.6 is 0 Å². The third-order valence-corrected chi connectivity index (χ3v) is 4.37. The van der Waals surface area contributed by atoms with Crippen LogP contribution in [0.4, 0.5) is 0 Å². The Balaban J connectivity index is 2.35. The number of rotatable bonds is 7. The molecule has 1 saturated heterocycles. The Morgan fingerprint density at radius 1 is 1.12 bits per heavy atom. The number of hydrogen-bond donors (Lipinski definition) is 3. The Labute approximate surface area is 153 Å². The van der Waals surface area contributed by atoms with Gasteiger partial charge >= 0.3 is 0 Å². The van der Waals surface area contributed by atoms with E-state index in [9.17, 15) is 4.79 Å². The van der Waals surface area contributed by atoms with Crippen LogP contribution in [0.15, 0.2) is 4.99 Å². The molecule has 1 aliphatic rings. The van der Waals surface area contributed by atoms with Crippen molar-refractivity contribution in [2.24, 2.45) is 16.3 Å². The van der Waals surface area contributed by atoms with Crippen molar-refractivity contribution in [3.05, 3.63) is 0 Å². The molecule has 0 spiro atoms. The molecule has 1 heterocycles. The Morgan fingerprint density at radius 2 is 1.72 bits per heavy atom. The highest BCUT2D eigenvalue weighted by Gasteiger charge is 2.24. The molecule has 0 aromatic heterocycles. The summed E-state index contributed by atoms with van der Waals surface area (Å²) in [5.41, 5.74) is -0.359. The first-order valence-corrected chi connectivity index (χ1v) is 9.30. The van der Waals surface area contributed by atoms with Gasteiger partial charge in [0.25, 0.3) is 0 Å². The lowest BCUT2D eigenvalue weighted by atomic mass is 9.96. The molecular formula is C18H37N5O2. The number of nitrogens with zero attached hydrogens (tertiary/aromatic N) is 2. The molecular weight excluding hydrogens is 318 g/mol. The van der Waals surface area contributed by atoms with Gasteiger partial charge in [0.2, 0.25) is 5.91 Å². The maximum absolute atomic E-state index is 11.8. The van der Waals surface area contributed by atoms with Gasteiger partial charge in [-0.3, -0.25) is 14.7 Å². The fourth-order valence-electron chi connectivity index (χ4n) is 2.74. The highest BCUT2D eigenvalue weighted by atomic mass is 16.5. The highest BCUT2D eigenvalue weighted by molar-refractivity contribution is 5.81. The average Bonchev–Trinajstić information content (AvgIpc) is 2.56. The van der Waals surface area contributed by atoms with Gasteiger partial charge in [-0.05, 0) is 5.92 Å². The largest absolute Gasteiger partial charge is 0.379 e. The summed E-state index contributed by atoms with van der Waals surface area (Å²) in [4.78, 5) is 18.6. The van der Waals surface area contributed by atoms with Crippen molar-refractivity contribution in [1.82, 2.24) is 20.9 Å². The number of carbonyl (C=O) groups is 1. The summed E-state index contributed by atoms with van der Waals surface area (Å²) >= 11 is 0. The summed E-state index contributed by atoms with van der Waals surface area (Å²) in [6, 6.07) is 0.447. The molecule has 7 nitrogen and oxygen atoms in total. The quantitative estimate of drug-likeness (QED) is 0.355. The van der Waals surface area contributed by atoms with E-state index in [2.05, 4.69) is 39.7 Å². The number of nitrogens with one attached hydrogen (secondary N) is 3. The van der Waals surface area contributed by atoms with E-state index < -0.39 is 0 Å². The lowest BCUT2D eigenvalue weighted by Crippen LogP contribution is -2.53. The number of carbonyl (C=O) groups excluding carboxylic acids is 1. The molecule has 0 aromatic carbocycles. The third-order valence-electron chi connectivity index (χ3n) is 4.37. The number of morpholine rings is 1. The predicted molar refractivity (Wildman–Crippen MR) is 103 cm³/mol. The predicted octanol–water partition coefficient (Wildman–Crippen LogP) is 0.671. The van der Waals surface area contributed by atoms with Crippen LogP contribution in [-0.4, -0.2) is 75.8 Å². The first-order chi connectivity index (χ1) is 11.8. The van der Waals surface area contributed by atoms with Gasteiger partial charge in [0, 0.05) is 51.2 Å². The second-order valence-corrected chi connectivity index (χ2v) is 7.85. The van der Waals surface area contributed by atoms with E-state index in [4.69, 9.17) is 4.74 Å². The molecule has 0 radical (unpaired) electrons. The van der Waals surface area contributed by atoms with Crippen LogP contribution in [0, 0.1) is 11.3 Å². The maximum atomic E-state index is 11.8. The minimum atomic E-state index is -0.359. The number of ether oxygens (including phenoxy) is 1. The van der Waals surface area contributed by atoms with Gasteiger partial charge in [-0.25, -0.2) is 0 Å². The van der Waals surface area contributed by atoms with Gasteiger partial charge in [0.05, 0.1) is 13.2 Å². The summed E-state index contributed by atoms with van der Waals surface area (Å²) < 4.78 is 5.45. The van der Waals surface area contributed by atoms with Crippen LogP contribution in [0.5, 0.6) is 0 Å². The van der Waals surface area contributed by atoms with Crippen LogP contribution in [0.3, 0.4) is 0 Å². The molecule has 25 heavy (non-hydrogen) atoms. The van der Waals surface area contributed by atoms with E-state index in [0.29, 0.717) is 25.0 Å². The molecule has 0 aliphatic carbocycles. The Morgan fingerprint density at radius 3 is 2.24 bits per heavy atom. The Bertz CT molecular complexity index is 426. The van der Waals surface area contributed by atoms with Gasteiger partial charge in [-0.1, -0.05) is 34.6 Å². The molecule has 1 aliphatic heterocycles. The monoisotopic (exact) mass is 355 g/mol.